The quantitative estimate of drug-likeness (QED) is 0.856. The van der Waals surface area contributed by atoms with Gasteiger partial charge in [0.25, 0.3) is 0 Å². The molecule has 124 valence electrons. The molecule has 0 aromatic heterocycles. The summed E-state index contributed by atoms with van der Waals surface area (Å²) in [6.45, 7) is 1.65. The maximum Gasteiger partial charge on any atom is 0.226 e. The second-order valence-electron chi connectivity index (χ2n) is 7.27. The molecule has 4 heteroatoms. The van der Waals surface area contributed by atoms with Crippen molar-refractivity contribution in [3.8, 4) is 11.5 Å². The molecule has 1 aromatic rings. The Morgan fingerprint density at radius 2 is 1.87 bits per heavy atom. The number of hydrogen-bond acceptors (Lipinski definition) is 3. The first-order chi connectivity index (χ1) is 11.2. The van der Waals surface area contributed by atoms with Gasteiger partial charge in [0.1, 0.15) is 6.10 Å². The molecule has 1 heterocycles. The summed E-state index contributed by atoms with van der Waals surface area (Å²) < 4.78 is 11.4. The van der Waals surface area contributed by atoms with Crippen LogP contribution in [-0.4, -0.2) is 37.1 Å². The van der Waals surface area contributed by atoms with Crippen molar-refractivity contribution >= 4 is 5.91 Å². The summed E-state index contributed by atoms with van der Waals surface area (Å²) in [7, 11) is 1.66. The van der Waals surface area contributed by atoms with Gasteiger partial charge in [0.05, 0.1) is 7.11 Å². The number of ether oxygens (including phenoxy) is 2. The third kappa shape index (κ3) is 2.68. The summed E-state index contributed by atoms with van der Waals surface area (Å²) in [4.78, 5) is 14.7. The highest BCUT2D eigenvalue weighted by Crippen LogP contribution is 2.66. The van der Waals surface area contributed by atoms with E-state index in [9.17, 15) is 4.79 Å². The molecule has 3 aliphatic rings. The number of methoxy groups -OCH3 is 1. The third-order valence-corrected chi connectivity index (χ3v) is 5.95. The molecule has 1 atom stereocenters. The lowest BCUT2D eigenvalue weighted by Crippen LogP contribution is -2.43. The first-order valence-electron chi connectivity index (χ1n) is 8.80. The van der Waals surface area contributed by atoms with Crippen LogP contribution in [0.25, 0.3) is 0 Å². The molecule has 3 fully saturated rings. The van der Waals surface area contributed by atoms with Crippen LogP contribution >= 0.6 is 0 Å². The van der Waals surface area contributed by atoms with Crippen LogP contribution in [-0.2, 0) is 4.79 Å². The predicted molar refractivity (Wildman–Crippen MR) is 87.6 cm³/mol. The number of amides is 1. The summed E-state index contributed by atoms with van der Waals surface area (Å²) in [5, 5.41) is 0. The van der Waals surface area contributed by atoms with Gasteiger partial charge < -0.3 is 14.4 Å². The Morgan fingerprint density at radius 1 is 1.17 bits per heavy atom. The van der Waals surface area contributed by atoms with Crippen molar-refractivity contribution in [1.29, 1.82) is 0 Å². The van der Waals surface area contributed by atoms with Crippen molar-refractivity contribution in [2.24, 2.45) is 11.3 Å². The molecular formula is C19H25NO3. The van der Waals surface area contributed by atoms with Gasteiger partial charge in [0, 0.05) is 31.8 Å². The van der Waals surface area contributed by atoms with Gasteiger partial charge >= 0.3 is 0 Å². The van der Waals surface area contributed by atoms with E-state index in [1.54, 1.807) is 7.11 Å². The second kappa shape index (κ2) is 5.73. The highest BCUT2D eigenvalue weighted by Gasteiger charge is 2.61. The van der Waals surface area contributed by atoms with Gasteiger partial charge in [0.15, 0.2) is 11.5 Å². The minimum atomic E-state index is 0.173. The van der Waals surface area contributed by atoms with E-state index in [1.807, 2.05) is 24.3 Å². The minimum Gasteiger partial charge on any atom is -0.493 e. The van der Waals surface area contributed by atoms with E-state index in [0.29, 0.717) is 17.2 Å². The first-order valence-corrected chi connectivity index (χ1v) is 8.80. The van der Waals surface area contributed by atoms with Gasteiger partial charge in [-0.15, -0.1) is 0 Å². The molecular weight excluding hydrogens is 290 g/mol. The predicted octanol–water partition coefficient (Wildman–Crippen LogP) is 3.26. The fourth-order valence-electron chi connectivity index (χ4n) is 4.19. The van der Waals surface area contributed by atoms with E-state index in [1.165, 1.54) is 19.3 Å². The summed E-state index contributed by atoms with van der Waals surface area (Å²) >= 11 is 0. The van der Waals surface area contributed by atoms with E-state index >= 15 is 0 Å². The molecule has 2 saturated carbocycles. The average molecular weight is 315 g/mol. The van der Waals surface area contributed by atoms with E-state index in [2.05, 4.69) is 4.90 Å². The van der Waals surface area contributed by atoms with Crippen LogP contribution in [0.1, 0.15) is 38.5 Å². The molecule has 23 heavy (non-hydrogen) atoms. The molecule has 1 spiro atoms. The zero-order valence-corrected chi connectivity index (χ0v) is 13.8. The molecule has 0 N–H and O–H groups in total. The standard InChI is InChI=1S/C19H25NO3/c1-22-16-5-2-3-6-17(16)23-14-7-11-20(12-8-14)18(21)15-13-19(15)9-4-10-19/h2-3,5-6,14-15H,4,7-13H2,1H3/t15-/m0/s1. The van der Waals surface area contributed by atoms with E-state index in [0.717, 1.165) is 43.9 Å². The number of likely N-dealkylation sites (tertiary alicyclic amines) is 1. The van der Waals surface area contributed by atoms with Crippen molar-refractivity contribution in [2.75, 3.05) is 20.2 Å². The van der Waals surface area contributed by atoms with Gasteiger partial charge in [-0.3, -0.25) is 4.79 Å². The van der Waals surface area contributed by atoms with E-state index < -0.39 is 0 Å². The second-order valence-corrected chi connectivity index (χ2v) is 7.27. The lowest BCUT2D eigenvalue weighted by Gasteiger charge is -2.34. The monoisotopic (exact) mass is 315 g/mol. The zero-order chi connectivity index (χ0) is 15.9. The number of piperidine rings is 1. The lowest BCUT2D eigenvalue weighted by molar-refractivity contribution is -0.135. The molecule has 0 unspecified atom stereocenters. The highest BCUT2D eigenvalue weighted by molar-refractivity contribution is 5.83. The zero-order valence-electron chi connectivity index (χ0n) is 13.8. The van der Waals surface area contributed by atoms with Crippen LogP contribution in [0.2, 0.25) is 0 Å². The maximum atomic E-state index is 12.6. The van der Waals surface area contributed by atoms with Crippen LogP contribution in [0.15, 0.2) is 24.3 Å². The number of hydrogen-bond donors (Lipinski definition) is 0. The summed E-state index contributed by atoms with van der Waals surface area (Å²) in [5.41, 5.74) is 0.432. The molecule has 1 aromatic carbocycles. The highest BCUT2D eigenvalue weighted by atomic mass is 16.5. The third-order valence-electron chi connectivity index (χ3n) is 5.95. The lowest BCUT2D eigenvalue weighted by atomic mass is 9.79. The van der Waals surface area contributed by atoms with Crippen molar-refractivity contribution < 1.29 is 14.3 Å². The molecule has 1 amide bonds. The topological polar surface area (TPSA) is 38.8 Å². The van der Waals surface area contributed by atoms with Gasteiger partial charge in [-0.05, 0) is 36.8 Å². The Balaban J connectivity index is 1.30. The van der Waals surface area contributed by atoms with Crippen LogP contribution in [0, 0.1) is 11.3 Å². The van der Waals surface area contributed by atoms with E-state index in [-0.39, 0.29) is 6.10 Å². The molecule has 1 aliphatic heterocycles. The molecule has 4 nitrogen and oxygen atoms in total. The first kappa shape index (κ1) is 14.9. The van der Waals surface area contributed by atoms with Crippen LogP contribution < -0.4 is 9.47 Å². The Kier molecular flexibility index (Phi) is 3.70. The summed E-state index contributed by atoms with van der Waals surface area (Å²) in [6, 6.07) is 7.76. The number of carbonyl (C=O) groups is 1. The largest absolute Gasteiger partial charge is 0.493 e. The fourth-order valence-corrected chi connectivity index (χ4v) is 4.19. The Bertz CT molecular complexity index is 588. The van der Waals surface area contributed by atoms with Crippen molar-refractivity contribution in [2.45, 2.75) is 44.6 Å². The smallest absolute Gasteiger partial charge is 0.226 e. The SMILES string of the molecule is COc1ccccc1OC1CCN(C(=O)[C@@H]2CC23CCC3)CC1. The number of nitrogens with zero attached hydrogens (tertiary/aromatic N) is 1. The molecule has 1 saturated heterocycles. The normalized spacial score (nSPS) is 25.8. The van der Waals surface area contributed by atoms with Crippen LogP contribution in [0.4, 0.5) is 0 Å². The van der Waals surface area contributed by atoms with Crippen molar-refractivity contribution in [3.05, 3.63) is 24.3 Å². The van der Waals surface area contributed by atoms with Crippen LogP contribution in [0.5, 0.6) is 11.5 Å². The van der Waals surface area contributed by atoms with Gasteiger partial charge in [-0.2, -0.15) is 0 Å². The Labute approximate surface area is 137 Å². The van der Waals surface area contributed by atoms with Crippen molar-refractivity contribution in [3.63, 3.8) is 0 Å². The number of para-hydroxylation sites is 2. The van der Waals surface area contributed by atoms with Crippen LogP contribution in [0.3, 0.4) is 0 Å². The van der Waals surface area contributed by atoms with Gasteiger partial charge in [-0.25, -0.2) is 0 Å². The molecule has 0 bridgehead atoms. The Hall–Kier alpha value is -1.71. The molecule has 2 aliphatic carbocycles. The van der Waals surface area contributed by atoms with Gasteiger partial charge in [0.2, 0.25) is 5.91 Å². The van der Waals surface area contributed by atoms with Gasteiger partial charge in [-0.1, -0.05) is 18.6 Å². The summed E-state index contributed by atoms with van der Waals surface area (Å²) in [5.74, 6) is 2.31. The fraction of sp³-hybridized carbons (Fsp3) is 0.632. The number of benzene rings is 1. The Morgan fingerprint density at radius 3 is 2.43 bits per heavy atom. The van der Waals surface area contributed by atoms with Crippen molar-refractivity contribution in [1.82, 2.24) is 4.90 Å². The molecule has 4 rings (SSSR count). The maximum absolute atomic E-state index is 12.6. The average Bonchev–Trinajstić information content (AvgIpc) is 3.32. The minimum absolute atomic E-state index is 0.173. The molecule has 0 radical (unpaired) electrons. The number of carbonyl (C=O) groups excluding carboxylic acids is 1. The number of rotatable bonds is 4. The van der Waals surface area contributed by atoms with E-state index in [4.69, 9.17) is 9.47 Å². The summed E-state index contributed by atoms with van der Waals surface area (Å²) in [6.07, 6.45) is 7.00.